The third-order valence-corrected chi connectivity index (χ3v) is 3.97. The predicted molar refractivity (Wildman–Crippen MR) is 99.1 cm³/mol. The van der Waals surface area contributed by atoms with Crippen molar-refractivity contribution in [1.82, 2.24) is 4.98 Å². The summed E-state index contributed by atoms with van der Waals surface area (Å²) in [5, 5.41) is 10.0. The third kappa shape index (κ3) is 3.66. The molecular weight excluding hydrogens is 300 g/mol. The molecule has 0 bridgehead atoms. The molecule has 4 heteroatoms. The largest absolute Gasteiger partial charge is 0.480 e. The van der Waals surface area contributed by atoms with Gasteiger partial charge in [-0.2, -0.15) is 0 Å². The molecule has 1 heterocycles. The molecule has 3 rings (SSSR count). The Bertz CT molecular complexity index is 822. The maximum Gasteiger partial charge on any atom is 0.320 e. The number of carboxylic acids is 1. The zero-order valence-corrected chi connectivity index (χ0v) is 14.3. The van der Waals surface area contributed by atoms with Crippen LogP contribution in [0.4, 0.5) is 0 Å². The molecule has 0 saturated heterocycles. The molecule has 0 aliphatic heterocycles. The van der Waals surface area contributed by atoms with Gasteiger partial charge in [-0.3, -0.25) is 4.79 Å². The van der Waals surface area contributed by atoms with Gasteiger partial charge in [0.2, 0.25) is 0 Å². The van der Waals surface area contributed by atoms with Gasteiger partial charge in [0.25, 0.3) is 0 Å². The number of aliphatic carboxylic acids is 1. The Kier molecular flexibility index (Phi) is 5.77. The van der Waals surface area contributed by atoms with Gasteiger partial charge in [-0.25, -0.2) is 0 Å². The Morgan fingerprint density at radius 2 is 1.79 bits per heavy atom. The standard InChI is InChI=1S/C18H18N2O2.C2H6/c1-11-15(10-16(19)18(21)22)14-8-7-13(9-17(14)20-11)12-5-3-2-4-6-12;1-2/h2-9,16,20H,10,19H2,1H3,(H,21,22);1-2H3. The fraction of sp³-hybridized carbons (Fsp3) is 0.250. The van der Waals surface area contributed by atoms with Crippen LogP contribution in [0.2, 0.25) is 0 Å². The summed E-state index contributed by atoms with van der Waals surface area (Å²) in [5.41, 5.74) is 10.9. The molecule has 126 valence electrons. The van der Waals surface area contributed by atoms with E-state index in [0.29, 0.717) is 6.42 Å². The number of benzene rings is 2. The van der Waals surface area contributed by atoms with Gasteiger partial charge in [-0.05, 0) is 29.7 Å². The molecule has 0 aliphatic rings. The van der Waals surface area contributed by atoms with Crippen LogP contribution in [0.1, 0.15) is 25.1 Å². The highest BCUT2D eigenvalue weighted by Gasteiger charge is 2.17. The number of aryl methyl sites for hydroxylation is 1. The average Bonchev–Trinajstić information content (AvgIpc) is 2.92. The summed E-state index contributed by atoms with van der Waals surface area (Å²) in [6.07, 6.45) is 0.325. The summed E-state index contributed by atoms with van der Waals surface area (Å²) >= 11 is 0. The molecule has 0 fully saturated rings. The lowest BCUT2D eigenvalue weighted by atomic mass is 10.00. The van der Waals surface area contributed by atoms with Crippen molar-refractivity contribution in [3.8, 4) is 11.1 Å². The molecule has 4 nitrogen and oxygen atoms in total. The summed E-state index contributed by atoms with van der Waals surface area (Å²) in [5.74, 6) is -0.977. The van der Waals surface area contributed by atoms with Crippen LogP contribution >= 0.6 is 0 Å². The lowest BCUT2D eigenvalue weighted by molar-refractivity contribution is -0.138. The molecular formula is C20H24N2O2. The molecule has 0 aliphatic carbocycles. The minimum absolute atomic E-state index is 0.325. The van der Waals surface area contributed by atoms with E-state index >= 15 is 0 Å². The Morgan fingerprint density at radius 1 is 1.12 bits per heavy atom. The fourth-order valence-corrected chi connectivity index (χ4v) is 2.77. The van der Waals surface area contributed by atoms with Gasteiger partial charge in [0.05, 0.1) is 0 Å². The predicted octanol–water partition coefficient (Wildman–Crippen LogP) is 4.12. The number of rotatable bonds is 4. The maximum absolute atomic E-state index is 11.0. The van der Waals surface area contributed by atoms with Crippen LogP contribution in [0.25, 0.3) is 22.0 Å². The molecule has 0 amide bonds. The second-order valence-electron chi connectivity index (χ2n) is 5.50. The Hall–Kier alpha value is -2.59. The maximum atomic E-state index is 11.0. The molecule has 2 aromatic carbocycles. The van der Waals surface area contributed by atoms with Gasteiger partial charge >= 0.3 is 5.97 Å². The van der Waals surface area contributed by atoms with Crippen LogP contribution in [0, 0.1) is 6.92 Å². The van der Waals surface area contributed by atoms with Crippen LogP contribution in [0.3, 0.4) is 0 Å². The molecule has 3 aromatic rings. The van der Waals surface area contributed by atoms with E-state index in [1.807, 2.05) is 45.0 Å². The zero-order valence-electron chi connectivity index (χ0n) is 14.3. The topological polar surface area (TPSA) is 79.1 Å². The second-order valence-corrected chi connectivity index (χ2v) is 5.50. The minimum Gasteiger partial charge on any atom is -0.480 e. The number of fused-ring (bicyclic) bond motifs is 1. The lowest BCUT2D eigenvalue weighted by Crippen LogP contribution is -2.32. The van der Waals surface area contributed by atoms with Crippen molar-refractivity contribution >= 4 is 16.9 Å². The van der Waals surface area contributed by atoms with E-state index in [0.717, 1.165) is 33.3 Å². The van der Waals surface area contributed by atoms with Gasteiger partial charge in [-0.15, -0.1) is 0 Å². The summed E-state index contributed by atoms with van der Waals surface area (Å²) in [7, 11) is 0. The number of hydrogen-bond donors (Lipinski definition) is 3. The summed E-state index contributed by atoms with van der Waals surface area (Å²) < 4.78 is 0. The van der Waals surface area contributed by atoms with Crippen LogP contribution in [0.5, 0.6) is 0 Å². The van der Waals surface area contributed by atoms with E-state index in [4.69, 9.17) is 10.8 Å². The highest BCUT2D eigenvalue weighted by atomic mass is 16.4. The Morgan fingerprint density at radius 3 is 2.42 bits per heavy atom. The van der Waals surface area contributed by atoms with Gasteiger partial charge in [0.15, 0.2) is 0 Å². The SMILES string of the molecule is CC.Cc1[nH]c2cc(-c3ccccc3)ccc2c1CC(N)C(=O)O. The highest BCUT2D eigenvalue weighted by Crippen LogP contribution is 2.28. The number of carboxylic acid groups (broad SMARTS) is 1. The lowest BCUT2D eigenvalue weighted by Gasteiger charge is -2.07. The van der Waals surface area contributed by atoms with Gasteiger partial charge in [0, 0.05) is 23.0 Å². The van der Waals surface area contributed by atoms with Crippen molar-refractivity contribution in [3.05, 3.63) is 59.8 Å². The summed E-state index contributed by atoms with van der Waals surface area (Å²) in [6, 6.07) is 15.4. The van der Waals surface area contributed by atoms with Crippen LogP contribution in [-0.2, 0) is 11.2 Å². The number of carbonyl (C=O) groups is 1. The summed E-state index contributed by atoms with van der Waals surface area (Å²) in [4.78, 5) is 14.3. The van der Waals surface area contributed by atoms with Crippen LogP contribution in [0.15, 0.2) is 48.5 Å². The first-order chi connectivity index (χ1) is 11.6. The van der Waals surface area contributed by atoms with Crippen molar-refractivity contribution in [1.29, 1.82) is 0 Å². The second kappa shape index (κ2) is 7.79. The van der Waals surface area contributed by atoms with E-state index < -0.39 is 12.0 Å². The van der Waals surface area contributed by atoms with Gasteiger partial charge < -0.3 is 15.8 Å². The van der Waals surface area contributed by atoms with Crippen molar-refractivity contribution in [2.24, 2.45) is 5.73 Å². The van der Waals surface area contributed by atoms with Crippen molar-refractivity contribution < 1.29 is 9.90 Å². The molecule has 1 atom stereocenters. The molecule has 0 spiro atoms. The van der Waals surface area contributed by atoms with E-state index in [1.165, 1.54) is 0 Å². The number of nitrogens with two attached hydrogens (primary N) is 1. The van der Waals surface area contributed by atoms with E-state index in [2.05, 4.69) is 29.2 Å². The zero-order chi connectivity index (χ0) is 17.7. The highest BCUT2D eigenvalue weighted by molar-refractivity contribution is 5.89. The van der Waals surface area contributed by atoms with E-state index in [9.17, 15) is 4.79 Å². The smallest absolute Gasteiger partial charge is 0.320 e. The first-order valence-corrected chi connectivity index (χ1v) is 8.21. The van der Waals surface area contributed by atoms with E-state index in [-0.39, 0.29) is 0 Å². The first kappa shape index (κ1) is 17.8. The van der Waals surface area contributed by atoms with Crippen molar-refractivity contribution in [2.75, 3.05) is 0 Å². The van der Waals surface area contributed by atoms with Crippen LogP contribution < -0.4 is 5.73 Å². The number of aromatic amines is 1. The molecule has 0 saturated carbocycles. The number of hydrogen-bond acceptors (Lipinski definition) is 2. The third-order valence-electron chi connectivity index (χ3n) is 3.97. The van der Waals surface area contributed by atoms with E-state index in [1.54, 1.807) is 0 Å². The van der Waals surface area contributed by atoms with Crippen LogP contribution in [-0.4, -0.2) is 22.1 Å². The molecule has 1 unspecified atom stereocenters. The monoisotopic (exact) mass is 324 g/mol. The molecule has 1 aromatic heterocycles. The Balaban J connectivity index is 0.00000100. The number of aromatic nitrogens is 1. The molecule has 4 N–H and O–H groups in total. The fourth-order valence-electron chi connectivity index (χ4n) is 2.77. The first-order valence-electron chi connectivity index (χ1n) is 8.21. The molecule has 24 heavy (non-hydrogen) atoms. The van der Waals surface area contributed by atoms with Gasteiger partial charge in [-0.1, -0.05) is 56.3 Å². The van der Waals surface area contributed by atoms with Crippen molar-refractivity contribution in [3.63, 3.8) is 0 Å². The normalized spacial score (nSPS) is 11.7. The summed E-state index contributed by atoms with van der Waals surface area (Å²) in [6.45, 7) is 5.95. The average molecular weight is 324 g/mol. The van der Waals surface area contributed by atoms with Crippen molar-refractivity contribution in [2.45, 2.75) is 33.2 Å². The minimum atomic E-state index is -0.977. The van der Waals surface area contributed by atoms with Gasteiger partial charge in [0.1, 0.15) is 6.04 Å². The molecule has 0 radical (unpaired) electrons. The number of nitrogens with one attached hydrogen (secondary N) is 1. The Labute approximate surface area is 142 Å². The quantitative estimate of drug-likeness (QED) is 0.675. The number of H-pyrrole nitrogens is 1.